The average Bonchev–Trinajstić information content (AvgIpc) is 2.26. The number of halogens is 2. The van der Waals surface area contributed by atoms with Gasteiger partial charge in [-0.05, 0) is 32.9 Å². The van der Waals surface area contributed by atoms with Gasteiger partial charge in [-0.15, -0.1) is 0 Å². The molecule has 0 spiro atoms. The lowest BCUT2D eigenvalue weighted by molar-refractivity contribution is 0.0921. The molecular weight excluding hydrogens is 283 g/mol. The van der Waals surface area contributed by atoms with E-state index in [-0.39, 0.29) is 11.4 Å². The Bertz CT molecular complexity index is 648. The van der Waals surface area contributed by atoms with Crippen molar-refractivity contribution in [2.75, 3.05) is 0 Å². The standard InChI is InChI=1S/C14H14Cl2N2O/c1-14(2,3)18-13(19)11-10(16)5-4-8-6-9(15)7-17-12(8)11/h4-7H,1-3H3,(H,18,19). The van der Waals surface area contributed by atoms with Crippen molar-refractivity contribution >= 4 is 40.0 Å². The maximum Gasteiger partial charge on any atom is 0.255 e. The van der Waals surface area contributed by atoms with Crippen LogP contribution >= 0.6 is 23.2 Å². The Kier molecular flexibility index (Phi) is 3.70. The molecule has 0 saturated heterocycles. The molecule has 1 heterocycles. The van der Waals surface area contributed by atoms with Crippen LogP contribution in [0.25, 0.3) is 10.9 Å². The summed E-state index contributed by atoms with van der Waals surface area (Å²) in [6, 6.07) is 5.23. The van der Waals surface area contributed by atoms with E-state index in [4.69, 9.17) is 23.2 Å². The van der Waals surface area contributed by atoms with Gasteiger partial charge in [-0.25, -0.2) is 0 Å². The number of nitrogens with zero attached hydrogens (tertiary/aromatic N) is 1. The van der Waals surface area contributed by atoms with Crippen LogP contribution in [0.5, 0.6) is 0 Å². The van der Waals surface area contributed by atoms with Crippen molar-refractivity contribution < 1.29 is 4.79 Å². The van der Waals surface area contributed by atoms with Gasteiger partial charge in [0.2, 0.25) is 0 Å². The first-order valence-corrected chi connectivity index (χ1v) is 6.60. The molecule has 0 aliphatic heterocycles. The first kappa shape index (κ1) is 14.1. The van der Waals surface area contributed by atoms with Crippen LogP contribution in [0.2, 0.25) is 10.0 Å². The van der Waals surface area contributed by atoms with Gasteiger partial charge in [-0.2, -0.15) is 0 Å². The minimum atomic E-state index is -0.338. The topological polar surface area (TPSA) is 42.0 Å². The number of amides is 1. The molecule has 1 aromatic heterocycles. The number of hydrogen-bond donors (Lipinski definition) is 1. The average molecular weight is 297 g/mol. The third-order valence-electron chi connectivity index (χ3n) is 2.48. The summed E-state index contributed by atoms with van der Waals surface area (Å²) in [5, 5.41) is 4.58. The zero-order chi connectivity index (χ0) is 14.2. The van der Waals surface area contributed by atoms with Gasteiger partial charge in [0.1, 0.15) is 0 Å². The van der Waals surface area contributed by atoms with Crippen molar-refractivity contribution in [1.82, 2.24) is 10.3 Å². The van der Waals surface area contributed by atoms with Gasteiger partial charge in [-0.3, -0.25) is 9.78 Å². The van der Waals surface area contributed by atoms with Crippen LogP contribution < -0.4 is 5.32 Å². The van der Waals surface area contributed by atoms with Crippen molar-refractivity contribution in [3.63, 3.8) is 0 Å². The van der Waals surface area contributed by atoms with E-state index in [1.165, 1.54) is 6.20 Å². The summed E-state index contributed by atoms with van der Waals surface area (Å²) in [5.41, 5.74) is 0.596. The lowest BCUT2D eigenvalue weighted by Crippen LogP contribution is -2.40. The van der Waals surface area contributed by atoms with Crippen LogP contribution in [0, 0.1) is 0 Å². The Labute approximate surface area is 121 Å². The molecule has 0 atom stereocenters. The summed E-state index contributed by atoms with van der Waals surface area (Å²) in [6.45, 7) is 5.73. The van der Waals surface area contributed by atoms with E-state index in [1.54, 1.807) is 18.2 Å². The second-order valence-electron chi connectivity index (χ2n) is 5.35. The Morgan fingerprint density at radius 1 is 1.26 bits per heavy atom. The van der Waals surface area contributed by atoms with Crippen molar-refractivity contribution in [3.8, 4) is 0 Å². The van der Waals surface area contributed by atoms with Gasteiger partial charge in [0.05, 0.1) is 21.1 Å². The normalized spacial score (nSPS) is 11.6. The lowest BCUT2D eigenvalue weighted by Gasteiger charge is -2.21. The molecule has 2 aromatic rings. The van der Waals surface area contributed by atoms with Crippen LogP contribution in [-0.4, -0.2) is 16.4 Å². The number of pyridine rings is 1. The highest BCUT2D eigenvalue weighted by Crippen LogP contribution is 2.26. The van der Waals surface area contributed by atoms with Crippen molar-refractivity contribution in [2.45, 2.75) is 26.3 Å². The first-order chi connectivity index (χ1) is 8.78. The minimum Gasteiger partial charge on any atom is -0.347 e. The number of benzene rings is 1. The fraction of sp³-hybridized carbons (Fsp3) is 0.286. The highest BCUT2D eigenvalue weighted by atomic mass is 35.5. The zero-order valence-corrected chi connectivity index (χ0v) is 12.4. The molecule has 3 nitrogen and oxygen atoms in total. The van der Waals surface area contributed by atoms with Crippen LogP contribution in [0.15, 0.2) is 24.4 Å². The highest BCUT2D eigenvalue weighted by molar-refractivity contribution is 6.36. The van der Waals surface area contributed by atoms with Gasteiger partial charge < -0.3 is 5.32 Å². The molecule has 0 aliphatic carbocycles. The Morgan fingerprint density at radius 3 is 2.58 bits per heavy atom. The molecule has 1 amide bonds. The molecule has 100 valence electrons. The van der Waals surface area contributed by atoms with E-state index in [0.29, 0.717) is 21.1 Å². The summed E-state index contributed by atoms with van der Waals surface area (Å²) < 4.78 is 0. The Morgan fingerprint density at radius 2 is 1.95 bits per heavy atom. The predicted molar refractivity (Wildman–Crippen MR) is 79.0 cm³/mol. The molecule has 0 fully saturated rings. The SMILES string of the molecule is CC(C)(C)NC(=O)c1c(Cl)ccc2cc(Cl)cnc12. The van der Waals surface area contributed by atoms with Crippen molar-refractivity contribution in [1.29, 1.82) is 0 Å². The molecule has 1 aromatic carbocycles. The van der Waals surface area contributed by atoms with Gasteiger partial charge in [0.25, 0.3) is 5.91 Å². The second-order valence-corrected chi connectivity index (χ2v) is 6.20. The summed E-state index contributed by atoms with van der Waals surface area (Å²) in [7, 11) is 0. The molecule has 0 radical (unpaired) electrons. The fourth-order valence-electron chi connectivity index (χ4n) is 1.77. The highest BCUT2D eigenvalue weighted by Gasteiger charge is 2.20. The predicted octanol–water partition coefficient (Wildman–Crippen LogP) is 4.07. The van der Waals surface area contributed by atoms with Crippen LogP contribution in [0.4, 0.5) is 0 Å². The number of hydrogen-bond acceptors (Lipinski definition) is 2. The number of nitrogens with one attached hydrogen (secondary N) is 1. The van der Waals surface area contributed by atoms with E-state index in [9.17, 15) is 4.79 Å². The zero-order valence-electron chi connectivity index (χ0n) is 10.9. The van der Waals surface area contributed by atoms with Crippen molar-refractivity contribution in [3.05, 3.63) is 40.0 Å². The van der Waals surface area contributed by atoms with Gasteiger partial charge in [0, 0.05) is 17.1 Å². The molecular formula is C14H14Cl2N2O. The summed E-state index contributed by atoms with van der Waals surface area (Å²) >= 11 is 12.0. The molecule has 5 heteroatoms. The number of rotatable bonds is 1. The quantitative estimate of drug-likeness (QED) is 0.862. The monoisotopic (exact) mass is 296 g/mol. The Hall–Kier alpha value is -1.32. The molecule has 1 N–H and O–H groups in total. The Balaban J connectivity index is 2.58. The second kappa shape index (κ2) is 4.99. The number of carbonyl (C=O) groups excluding carboxylic acids is 1. The summed E-state index contributed by atoms with van der Waals surface area (Å²) in [4.78, 5) is 16.5. The van der Waals surface area contributed by atoms with Gasteiger partial charge >= 0.3 is 0 Å². The van der Waals surface area contributed by atoms with E-state index in [0.717, 1.165) is 5.39 Å². The molecule has 0 saturated carbocycles. The van der Waals surface area contributed by atoms with Crippen LogP contribution in [0.1, 0.15) is 31.1 Å². The van der Waals surface area contributed by atoms with Crippen LogP contribution in [0.3, 0.4) is 0 Å². The molecule has 0 aliphatic rings. The van der Waals surface area contributed by atoms with E-state index < -0.39 is 0 Å². The third-order valence-corrected chi connectivity index (χ3v) is 3.01. The third kappa shape index (κ3) is 3.17. The molecule has 2 rings (SSSR count). The van der Waals surface area contributed by atoms with E-state index in [2.05, 4.69) is 10.3 Å². The van der Waals surface area contributed by atoms with Crippen molar-refractivity contribution in [2.24, 2.45) is 0 Å². The largest absolute Gasteiger partial charge is 0.347 e. The first-order valence-electron chi connectivity index (χ1n) is 5.84. The number of aromatic nitrogens is 1. The molecule has 0 unspecified atom stereocenters. The maximum atomic E-state index is 12.3. The molecule has 0 bridgehead atoms. The van der Waals surface area contributed by atoms with Gasteiger partial charge in [-0.1, -0.05) is 29.3 Å². The smallest absolute Gasteiger partial charge is 0.255 e. The summed E-state index contributed by atoms with van der Waals surface area (Å²) in [5.74, 6) is -0.238. The summed E-state index contributed by atoms with van der Waals surface area (Å²) in [6.07, 6.45) is 1.51. The van der Waals surface area contributed by atoms with E-state index in [1.807, 2.05) is 20.8 Å². The van der Waals surface area contributed by atoms with Gasteiger partial charge in [0.15, 0.2) is 0 Å². The van der Waals surface area contributed by atoms with Crippen LogP contribution in [-0.2, 0) is 0 Å². The molecule has 19 heavy (non-hydrogen) atoms. The minimum absolute atomic E-state index is 0.238. The number of fused-ring (bicyclic) bond motifs is 1. The number of carbonyl (C=O) groups is 1. The maximum absolute atomic E-state index is 12.3. The fourth-order valence-corrected chi connectivity index (χ4v) is 2.17. The lowest BCUT2D eigenvalue weighted by atomic mass is 10.1. The van der Waals surface area contributed by atoms with E-state index >= 15 is 0 Å².